The number of alkyl halides is 3. The van der Waals surface area contributed by atoms with Crippen molar-refractivity contribution in [3.05, 3.63) is 96.8 Å². The van der Waals surface area contributed by atoms with Gasteiger partial charge < -0.3 is 14.8 Å². The van der Waals surface area contributed by atoms with Gasteiger partial charge in [0.05, 0.1) is 25.3 Å². The molecule has 2 aromatic carbocycles. The van der Waals surface area contributed by atoms with Crippen molar-refractivity contribution in [1.82, 2.24) is 9.97 Å². The molecule has 0 amide bonds. The van der Waals surface area contributed by atoms with Crippen LogP contribution in [-0.4, -0.2) is 30.0 Å². The van der Waals surface area contributed by atoms with E-state index in [-0.39, 0.29) is 29.5 Å². The zero-order chi connectivity index (χ0) is 26.5. The second-order valence-electron chi connectivity index (χ2n) is 8.91. The molecule has 8 nitrogen and oxygen atoms in total. The first-order valence-corrected chi connectivity index (χ1v) is 11.4. The fraction of sp³-hybridized carbons (Fsp3) is 0.269. The van der Waals surface area contributed by atoms with E-state index in [4.69, 9.17) is 9.47 Å². The highest BCUT2D eigenvalue weighted by Crippen LogP contribution is 2.47. The smallest absolute Gasteiger partial charge is 0.416 e. The molecule has 3 N–H and O–H groups in total. The number of ketones is 1. The maximum atomic E-state index is 13.6. The normalized spacial score (nSPS) is 19.1. The van der Waals surface area contributed by atoms with Crippen molar-refractivity contribution >= 4 is 11.6 Å². The molecule has 0 saturated carbocycles. The predicted molar refractivity (Wildman–Crippen MR) is 128 cm³/mol. The number of benzene rings is 2. The molecule has 0 fully saturated rings. The topological polar surface area (TPSA) is 113 Å². The van der Waals surface area contributed by atoms with Crippen molar-refractivity contribution in [2.75, 3.05) is 19.5 Å². The second kappa shape index (κ2) is 8.99. The Bertz CT molecular complexity index is 1540. The highest BCUT2D eigenvalue weighted by atomic mass is 19.4. The minimum Gasteiger partial charge on any atom is -0.493 e. The summed E-state index contributed by atoms with van der Waals surface area (Å²) in [4.78, 5) is 43.1. The molecule has 2 aliphatic rings. The number of nitrogens with one attached hydrogen (secondary N) is 3. The number of hydrogen-bond acceptors (Lipinski definition) is 6. The maximum Gasteiger partial charge on any atom is 0.416 e. The van der Waals surface area contributed by atoms with Gasteiger partial charge in [0.25, 0.3) is 5.56 Å². The third kappa shape index (κ3) is 4.30. The van der Waals surface area contributed by atoms with E-state index in [9.17, 15) is 27.6 Å². The van der Waals surface area contributed by atoms with Crippen LogP contribution in [-0.2, 0) is 11.0 Å². The Morgan fingerprint density at radius 2 is 1.54 bits per heavy atom. The lowest BCUT2D eigenvalue weighted by molar-refractivity contribution is -0.137. The van der Waals surface area contributed by atoms with Crippen LogP contribution in [0, 0.1) is 0 Å². The van der Waals surface area contributed by atoms with E-state index in [0.717, 1.165) is 17.7 Å². The van der Waals surface area contributed by atoms with Gasteiger partial charge in [-0.05, 0) is 47.7 Å². The van der Waals surface area contributed by atoms with Crippen molar-refractivity contribution in [1.29, 1.82) is 0 Å². The number of aromatic amines is 2. The molecule has 0 radical (unpaired) electrons. The summed E-state index contributed by atoms with van der Waals surface area (Å²) in [6.07, 6.45) is -4.06. The largest absolute Gasteiger partial charge is 0.493 e. The second-order valence-corrected chi connectivity index (χ2v) is 8.91. The molecule has 2 heterocycles. The van der Waals surface area contributed by atoms with Gasteiger partial charge >= 0.3 is 11.9 Å². The van der Waals surface area contributed by atoms with Gasteiger partial charge in [-0.25, -0.2) is 4.79 Å². The molecule has 2 atom stereocenters. The summed E-state index contributed by atoms with van der Waals surface area (Å²) in [7, 11) is 3.03. The number of Topliss-reactive ketones (excluding diaryl/α,β-unsaturated/α-hetero) is 1. The Kier molecular flexibility index (Phi) is 5.93. The van der Waals surface area contributed by atoms with Gasteiger partial charge in [0, 0.05) is 23.6 Å². The standard InChI is InChI=1S/C26H22F3N3O5/c1-36-18-8-5-13(11-19(18)37-2)14-9-16-21(17(33)10-14)20(12-3-6-15(7-4-12)26(27,28)29)22-23(30-16)31-25(35)32-24(22)34/h3-8,11,14,20H,9-10H2,1-2H3,(H3,30,31,32,34,35)/t14-,20+/m0/s1. The van der Waals surface area contributed by atoms with Gasteiger partial charge in [-0.2, -0.15) is 13.2 Å². The van der Waals surface area contributed by atoms with Crippen LogP contribution in [0.2, 0.25) is 0 Å². The Balaban J connectivity index is 1.62. The Labute approximate surface area is 208 Å². The van der Waals surface area contributed by atoms with Crippen molar-refractivity contribution in [3.63, 3.8) is 0 Å². The first kappa shape index (κ1) is 24.4. The molecule has 1 aromatic heterocycles. The Morgan fingerprint density at radius 3 is 2.19 bits per heavy atom. The fourth-order valence-corrected chi connectivity index (χ4v) is 5.09. The first-order valence-electron chi connectivity index (χ1n) is 11.4. The molecule has 192 valence electrons. The minimum absolute atomic E-state index is 0.0658. The summed E-state index contributed by atoms with van der Waals surface area (Å²) >= 11 is 0. The SMILES string of the molecule is COc1ccc([C@@H]2CC(=O)C3=C(C2)Nc2[nH]c(=O)[nH]c(=O)c2[C@@H]3c2ccc(C(F)(F)F)cc2)cc1OC. The number of halogens is 3. The summed E-state index contributed by atoms with van der Waals surface area (Å²) in [5.41, 5.74) is -0.303. The van der Waals surface area contributed by atoms with E-state index < -0.39 is 28.9 Å². The molecular weight excluding hydrogens is 491 g/mol. The molecule has 0 spiro atoms. The van der Waals surface area contributed by atoms with Crippen LogP contribution >= 0.6 is 0 Å². The Morgan fingerprint density at radius 1 is 0.865 bits per heavy atom. The van der Waals surface area contributed by atoms with Crippen LogP contribution in [0.3, 0.4) is 0 Å². The van der Waals surface area contributed by atoms with Crippen LogP contribution in [0.25, 0.3) is 0 Å². The third-order valence-corrected chi connectivity index (χ3v) is 6.79. The van der Waals surface area contributed by atoms with Crippen molar-refractivity contribution < 1.29 is 27.4 Å². The molecule has 3 aromatic rings. The van der Waals surface area contributed by atoms with E-state index in [1.807, 2.05) is 6.07 Å². The van der Waals surface area contributed by atoms with Crippen molar-refractivity contribution in [2.45, 2.75) is 30.9 Å². The number of carbonyl (C=O) groups excluding carboxylic acids is 1. The number of carbonyl (C=O) groups is 1. The number of methoxy groups -OCH3 is 2. The zero-order valence-electron chi connectivity index (χ0n) is 19.8. The fourth-order valence-electron chi connectivity index (χ4n) is 5.09. The number of anilines is 1. The molecule has 11 heteroatoms. The molecule has 1 aliphatic heterocycles. The molecule has 37 heavy (non-hydrogen) atoms. The number of rotatable bonds is 4. The molecular formula is C26H22F3N3O5. The predicted octanol–water partition coefficient (Wildman–Crippen LogP) is 4.06. The number of fused-ring (bicyclic) bond motifs is 1. The average Bonchev–Trinajstić information content (AvgIpc) is 2.86. The number of ether oxygens (including phenoxy) is 2. The van der Waals surface area contributed by atoms with E-state index in [1.165, 1.54) is 26.4 Å². The lowest BCUT2D eigenvalue weighted by atomic mass is 9.72. The van der Waals surface area contributed by atoms with Gasteiger partial charge in [0.15, 0.2) is 17.3 Å². The molecule has 5 rings (SSSR count). The summed E-state index contributed by atoms with van der Waals surface area (Å²) in [5, 5.41) is 3.04. The Hall–Kier alpha value is -4.28. The van der Waals surface area contributed by atoms with Gasteiger partial charge in [-0.15, -0.1) is 0 Å². The van der Waals surface area contributed by atoms with Crippen molar-refractivity contribution in [3.8, 4) is 11.5 Å². The minimum atomic E-state index is -4.54. The van der Waals surface area contributed by atoms with Crippen LogP contribution in [0.5, 0.6) is 11.5 Å². The molecule has 1 aliphatic carbocycles. The van der Waals surface area contributed by atoms with Crippen LogP contribution in [0.15, 0.2) is 63.3 Å². The van der Waals surface area contributed by atoms with Crippen LogP contribution in [0.1, 0.15) is 46.9 Å². The number of H-pyrrole nitrogens is 2. The lowest BCUT2D eigenvalue weighted by Gasteiger charge is -2.35. The summed E-state index contributed by atoms with van der Waals surface area (Å²) < 4.78 is 50.2. The van der Waals surface area contributed by atoms with E-state index in [2.05, 4.69) is 15.3 Å². The number of allylic oxidation sites excluding steroid dienone is 2. The lowest BCUT2D eigenvalue weighted by Crippen LogP contribution is -2.37. The van der Waals surface area contributed by atoms with E-state index in [1.54, 1.807) is 12.1 Å². The summed E-state index contributed by atoms with van der Waals surface area (Å²) in [6, 6.07) is 9.71. The zero-order valence-corrected chi connectivity index (χ0v) is 19.8. The monoisotopic (exact) mass is 513 g/mol. The molecule has 0 saturated heterocycles. The van der Waals surface area contributed by atoms with Gasteiger partial charge in [0.1, 0.15) is 5.82 Å². The highest BCUT2D eigenvalue weighted by Gasteiger charge is 2.41. The number of hydrogen-bond donors (Lipinski definition) is 3. The third-order valence-electron chi connectivity index (χ3n) is 6.79. The van der Waals surface area contributed by atoms with E-state index >= 15 is 0 Å². The van der Waals surface area contributed by atoms with Crippen LogP contribution in [0.4, 0.5) is 19.0 Å². The summed E-state index contributed by atoms with van der Waals surface area (Å²) in [5.74, 6) is -0.298. The van der Waals surface area contributed by atoms with Gasteiger partial charge in [-0.3, -0.25) is 19.6 Å². The van der Waals surface area contributed by atoms with Crippen LogP contribution < -0.4 is 26.0 Å². The summed E-state index contributed by atoms with van der Waals surface area (Å²) in [6.45, 7) is 0. The maximum absolute atomic E-state index is 13.6. The highest BCUT2D eigenvalue weighted by molar-refractivity contribution is 6.01. The van der Waals surface area contributed by atoms with Gasteiger partial charge in [-0.1, -0.05) is 18.2 Å². The molecule has 0 bridgehead atoms. The van der Waals surface area contributed by atoms with E-state index in [0.29, 0.717) is 34.8 Å². The van der Waals surface area contributed by atoms with Crippen molar-refractivity contribution in [2.24, 2.45) is 0 Å². The quantitative estimate of drug-likeness (QED) is 0.485. The first-order chi connectivity index (χ1) is 17.6. The molecule has 0 unspecified atom stereocenters. The number of aromatic nitrogens is 2. The van der Waals surface area contributed by atoms with Gasteiger partial charge in [0.2, 0.25) is 0 Å². The average molecular weight is 513 g/mol.